The van der Waals surface area contributed by atoms with Crippen LogP contribution in [0.5, 0.6) is 11.5 Å². The molecule has 0 radical (unpaired) electrons. The monoisotopic (exact) mass is 545 g/mol. The standard InChI is InChI=1S/C23H29Cl2N3O6S/c1-6-26-23(30)15(2)27(13-17-18(24)8-7-9-19(17)25)22(29)14-28(35(5,31)32)20-12-16(33-3)10-11-21(20)34-4/h7-12,15H,6,13-14H2,1-5H3,(H,26,30)/t15-/m1/s1. The van der Waals surface area contributed by atoms with Gasteiger partial charge in [-0.25, -0.2) is 8.42 Å². The van der Waals surface area contributed by atoms with Crippen LogP contribution < -0.4 is 19.1 Å². The zero-order chi connectivity index (χ0) is 26.3. The molecule has 0 bridgehead atoms. The van der Waals surface area contributed by atoms with Gasteiger partial charge in [0, 0.05) is 34.8 Å². The smallest absolute Gasteiger partial charge is 0.244 e. The Hall–Kier alpha value is -2.69. The number of methoxy groups -OCH3 is 2. The molecule has 9 nitrogen and oxygen atoms in total. The molecule has 1 atom stereocenters. The second kappa shape index (κ2) is 12.3. The lowest BCUT2D eigenvalue weighted by atomic mass is 10.1. The molecule has 2 aromatic carbocycles. The number of carbonyl (C=O) groups is 2. The summed E-state index contributed by atoms with van der Waals surface area (Å²) in [7, 11) is -1.13. The second-order valence-electron chi connectivity index (χ2n) is 7.60. The summed E-state index contributed by atoms with van der Waals surface area (Å²) in [5.74, 6) is -0.456. The quantitative estimate of drug-likeness (QED) is 0.464. The predicted octanol–water partition coefficient (Wildman–Crippen LogP) is 3.33. The molecule has 2 aromatic rings. The number of anilines is 1. The van der Waals surface area contributed by atoms with Gasteiger partial charge in [-0.05, 0) is 38.1 Å². The van der Waals surface area contributed by atoms with E-state index in [1.54, 1.807) is 38.1 Å². The van der Waals surface area contributed by atoms with Crippen LogP contribution in [0.1, 0.15) is 19.4 Å². The molecular formula is C23H29Cl2N3O6S. The van der Waals surface area contributed by atoms with Crippen molar-refractivity contribution in [2.45, 2.75) is 26.4 Å². The summed E-state index contributed by atoms with van der Waals surface area (Å²) in [6, 6.07) is 8.55. The first kappa shape index (κ1) is 28.5. The highest BCUT2D eigenvalue weighted by Crippen LogP contribution is 2.34. The number of benzene rings is 2. The van der Waals surface area contributed by atoms with E-state index in [2.05, 4.69) is 5.32 Å². The molecule has 0 aliphatic carbocycles. The van der Waals surface area contributed by atoms with E-state index in [4.69, 9.17) is 32.7 Å². The van der Waals surface area contributed by atoms with Gasteiger partial charge < -0.3 is 19.7 Å². The molecule has 35 heavy (non-hydrogen) atoms. The van der Waals surface area contributed by atoms with Crippen LogP contribution in [0.15, 0.2) is 36.4 Å². The average Bonchev–Trinajstić information content (AvgIpc) is 2.80. The second-order valence-corrected chi connectivity index (χ2v) is 10.3. The van der Waals surface area contributed by atoms with Gasteiger partial charge in [0.15, 0.2) is 0 Å². The van der Waals surface area contributed by atoms with Crippen LogP contribution in [0.4, 0.5) is 5.69 Å². The number of sulfonamides is 1. The van der Waals surface area contributed by atoms with Crippen molar-refractivity contribution in [1.29, 1.82) is 0 Å². The Kier molecular flexibility index (Phi) is 10.1. The highest BCUT2D eigenvalue weighted by molar-refractivity contribution is 7.92. The van der Waals surface area contributed by atoms with Gasteiger partial charge in [-0.1, -0.05) is 29.3 Å². The maximum atomic E-state index is 13.6. The maximum Gasteiger partial charge on any atom is 0.244 e. The summed E-state index contributed by atoms with van der Waals surface area (Å²) in [6.45, 7) is 2.94. The van der Waals surface area contributed by atoms with E-state index in [0.717, 1.165) is 10.6 Å². The summed E-state index contributed by atoms with van der Waals surface area (Å²) in [5, 5.41) is 3.30. The maximum absolute atomic E-state index is 13.6. The molecule has 1 N–H and O–H groups in total. The third kappa shape index (κ3) is 7.16. The first-order chi connectivity index (χ1) is 16.4. The van der Waals surface area contributed by atoms with Crippen molar-refractivity contribution in [2.24, 2.45) is 0 Å². The molecule has 2 amide bonds. The summed E-state index contributed by atoms with van der Waals surface area (Å²) in [6.07, 6.45) is 0.974. The van der Waals surface area contributed by atoms with Crippen molar-refractivity contribution in [3.05, 3.63) is 52.0 Å². The van der Waals surface area contributed by atoms with E-state index in [1.807, 2.05) is 0 Å². The minimum atomic E-state index is -3.95. The Labute approximate surface area is 215 Å². The van der Waals surface area contributed by atoms with Crippen molar-refractivity contribution in [3.63, 3.8) is 0 Å². The number of rotatable bonds is 11. The Balaban J connectivity index is 2.53. The number of nitrogens with zero attached hydrogens (tertiary/aromatic N) is 2. The van der Waals surface area contributed by atoms with Gasteiger partial charge in [0.2, 0.25) is 21.8 Å². The van der Waals surface area contributed by atoms with Crippen molar-refractivity contribution < 1.29 is 27.5 Å². The largest absolute Gasteiger partial charge is 0.497 e. The normalized spacial score (nSPS) is 12.0. The molecule has 0 heterocycles. The van der Waals surface area contributed by atoms with Crippen molar-refractivity contribution in [3.8, 4) is 11.5 Å². The van der Waals surface area contributed by atoms with Crippen molar-refractivity contribution in [2.75, 3.05) is 37.9 Å². The molecule has 0 spiro atoms. The van der Waals surface area contributed by atoms with E-state index in [1.165, 1.54) is 31.3 Å². The molecular weight excluding hydrogens is 517 g/mol. The number of likely N-dealkylation sites (N-methyl/N-ethyl adjacent to an activating group) is 1. The lowest BCUT2D eigenvalue weighted by Crippen LogP contribution is -2.51. The minimum absolute atomic E-state index is 0.109. The fourth-order valence-corrected chi connectivity index (χ4v) is 4.71. The molecule has 12 heteroatoms. The number of ether oxygens (including phenoxy) is 2. The van der Waals surface area contributed by atoms with Gasteiger partial charge in [0.05, 0.1) is 26.2 Å². The van der Waals surface area contributed by atoms with E-state index in [0.29, 0.717) is 27.9 Å². The van der Waals surface area contributed by atoms with Crippen LogP contribution in [-0.2, 0) is 26.2 Å². The van der Waals surface area contributed by atoms with Crippen molar-refractivity contribution >= 4 is 50.7 Å². The summed E-state index contributed by atoms with van der Waals surface area (Å²) in [5.41, 5.74) is 0.550. The van der Waals surface area contributed by atoms with Gasteiger partial charge in [-0.3, -0.25) is 13.9 Å². The Bertz CT molecular complexity index is 1160. The van der Waals surface area contributed by atoms with Crippen LogP contribution in [0.3, 0.4) is 0 Å². The van der Waals surface area contributed by atoms with E-state index < -0.39 is 34.4 Å². The van der Waals surface area contributed by atoms with Crippen LogP contribution in [0.25, 0.3) is 0 Å². The van der Waals surface area contributed by atoms with Gasteiger partial charge in [0.25, 0.3) is 0 Å². The molecule has 0 saturated heterocycles. The highest BCUT2D eigenvalue weighted by atomic mass is 35.5. The number of carbonyl (C=O) groups excluding carboxylic acids is 2. The number of hydrogen-bond acceptors (Lipinski definition) is 6. The lowest BCUT2D eigenvalue weighted by Gasteiger charge is -2.32. The zero-order valence-corrected chi connectivity index (χ0v) is 22.5. The fourth-order valence-electron chi connectivity index (χ4n) is 3.34. The summed E-state index contributed by atoms with van der Waals surface area (Å²) >= 11 is 12.6. The molecule has 192 valence electrons. The third-order valence-electron chi connectivity index (χ3n) is 5.24. The highest BCUT2D eigenvalue weighted by Gasteiger charge is 2.32. The van der Waals surface area contributed by atoms with E-state index in [9.17, 15) is 18.0 Å². The molecule has 0 aliphatic heterocycles. The number of halogens is 2. The summed E-state index contributed by atoms with van der Waals surface area (Å²) < 4.78 is 37.0. The summed E-state index contributed by atoms with van der Waals surface area (Å²) in [4.78, 5) is 27.5. The van der Waals surface area contributed by atoms with Crippen LogP contribution >= 0.6 is 23.2 Å². The van der Waals surface area contributed by atoms with Crippen LogP contribution in [0.2, 0.25) is 10.0 Å². The third-order valence-corrected chi connectivity index (χ3v) is 7.08. The zero-order valence-electron chi connectivity index (χ0n) is 20.2. The Morgan fingerprint density at radius 1 is 1.09 bits per heavy atom. The SMILES string of the molecule is CCNC(=O)[C@@H](C)N(Cc1c(Cl)cccc1Cl)C(=O)CN(c1cc(OC)ccc1OC)S(C)(=O)=O. The molecule has 2 rings (SSSR count). The van der Waals surface area contributed by atoms with Gasteiger partial charge in [-0.15, -0.1) is 0 Å². The molecule has 0 aliphatic rings. The topological polar surface area (TPSA) is 105 Å². The van der Waals surface area contributed by atoms with Crippen molar-refractivity contribution in [1.82, 2.24) is 10.2 Å². The average molecular weight is 546 g/mol. The van der Waals surface area contributed by atoms with Gasteiger partial charge in [0.1, 0.15) is 24.1 Å². The van der Waals surface area contributed by atoms with Gasteiger partial charge >= 0.3 is 0 Å². The fraction of sp³-hybridized carbons (Fsp3) is 0.391. The molecule has 0 aromatic heterocycles. The van der Waals surface area contributed by atoms with E-state index in [-0.39, 0.29) is 18.0 Å². The number of nitrogens with one attached hydrogen (secondary N) is 1. The van der Waals surface area contributed by atoms with E-state index >= 15 is 0 Å². The van der Waals surface area contributed by atoms with Crippen LogP contribution in [-0.4, -0.2) is 64.7 Å². The molecule has 0 unspecified atom stereocenters. The Morgan fingerprint density at radius 3 is 2.23 bits per heavy atom. The minimum Gasteiger partial charge on any atom is -0.497 e. The first-order valence-electron chi connectivity index (χ1n) is 10.6. The van der Waals surface area contributed by atoms with Crippen LogP contribution in [0, 0.1) is 0 Å². The predicted molar refractivity (Wildman–Crippen MR) is 137 cm³/mol. The molecule has 0 saturated carbocycles. The Morgan fingerprint density at radius 2 is 1.71 bits per heavy atom. The number of amides is 2. The first-order valence-corrected chi connectivity index (χ1v) is 13.2. The number of hydrogen-bond donors (Lipinski definition) is 1. The lowest BCUT2D eigenvalue weighted by molar-refractivity contribution is -0.139. The van der Waals surface area contributed by atoms with Gasteiger partial charge in [-0.2, -0.15) is 0 Å². The molecule has 0 fully saturated rings.